The Bertz CT molecular complexity index is 427. The van der Waals surface area contributed by atoms with Crippen LogP contribution in [0.15, 0.2) is 24.3 Å². The Hall–Kier alpha value is -0.780. The van der Waals surface area contributed by atoms with Gasteiger partial charge in [0.1, 0.15) is 0 Å². The van der Waals surface area contributed by atoms with Crippen molar-refractivity contribution in [2.75, 3.05) is 13.1 Å². The van der Waals surface area contributed by atoms with Crippen molar-refractivity contribution in [1.82, 2.24) is 5.32 Å². The van der Waals surface area contributed by atoms with Crippen molar-refractivity contribution in [3.8, 4) is 0 Å². The van der Waals surface area contributed by atoms with E-state index in [1.54, 1.807) is 24.3 Å². The molecule has 6 heteroatoms. The van der Waals surface area contributed by atoms with E-state index in [2.05, 4.69) is 5.32 Å². The lowest BCUT2D eigenvalue weighted by molar-refractivity contribution is -0.228. The molecule has 2 nitrogen and oxygen atoms in total. The summed E-state index contributed by atoms with van der Waals surface area (Å²) in [5.74, 6) is 0. The summed E-state index contributed by atoms with van der Waals surface area (Å²) >= 11 is 5.77. The van der Waals surface area contributed by atoms with Crippen LogP contribution in [0, 0.1) is 0 Å². The molecule has 1 aliphatic rings. The molecule has 0 radical (unpaired) electrons. The standard InChI is InChI=1S/C13H15ClF3NO/c14-10-3-1-9(2-4-10)12(5-7-18-8-6-12)11(19)13(15,16)17/h1-4,11,18-19H,5-8H2. The lowest BCUT2D eigenvalue weighted by Gasteiger charge is -2.42. The molecule has 19 heavy (non-hydrogen) atoms. The van der Waals surface area contributed by atoms with E-state index in [9.17, 15) is 18.3 Å². The molecule has 0 saturated carbocycles. The number of benzene rings is 1. The number of rotatable bonds is 2. The van der Waals surface area contributed by atoms with Crippen molar-refractivity contribution in [2.45, 2.75) is 30.5 Å². The van der Waals surface area contributed by atoms with E-state index in [1.165, 1.54) is 0 Å². The van der Waals surface area contributed by atoms with Crippen LogP contribution in [0.3, 0.4) is 0 Å². The van der Waals surface area contributed by atoms with Crippen LogP contribution in [0.25, 0.3) is 0 Å². The van der Waals surface area contributed by atoms with Gasteiger partial charge in [-0.15, -0.1) is 0 Å². The van der Waals surface area contributed by atoms with E-state index in [1.807, 2.05) is 0 Å². The van der Waals surface area contributed by atoms with Crippen molar-refractivity contribution >= 4 is 11.6 Å². The molecular formula is C13H15ClF3NO. The van der Waals surface area contributed by atoms with Crippen molar-refractivity contribution in [2.24, 2.45) is 0 Å². The molecule has 1 aromatic carbocycles. The number of aliphatic hydroxyl groups is 1. The second-order valence-electron chi connectivity index (χ2n) is 4.86. The molecule has 0 spiro atoms. The third kappa shape index (κ3) is 2.88. The molecule has 2 rings (SSSR count). The molecule has 1 aromatic rings. The quantitative estimate of drug-likeness (QED) is 0.879. The predicted octanol–water partition coefficient (Wildman–Crippen LogP) is 2.88. The predicted molar refractivity (Wildman–Crippen MR) is 67.3 cm³/mol. The van der Waals surface area contributed by atoms with Gasteiger partial charge in [-0.1, -0.05) is 23.7 Å². The minimum Gasteiger partial charge on any atom is -0.383 e. The van der Waals surface area contributed by atoms with Gasteiger partial charge in [0.25, 0.3) is 0 Å². The highest BCUT2D eigenvalue weighted by atomic mass is 35.5. The second-order valence-corrected chi connectivity index (χ2v) is 5.29. The van der Waals surface area contributed by atoms with Gasteiger partial charge in [-0.3, -0.25) is 0 Å². The summed E-state index contributed by atoms with van der Waals surface area (Å²) in [4.78, 5) is 0. The van der Waals surface area contributed by atoms with Crippen LogP contribution in [-0.4, -0.2) is 30.5 Å². The van der Waals surface area contributed by atoms with Crippen LogP contribution in [-0.2, 0) is 5.41 Å². The van der Waals surface area contributed by atoms with Crippen LogP contribution in [0.1, 0.15) is 18.4 Å². The van der Waals surface area contributed by atoms with Gasteiger partial charge in [-0.25, -0.2) is 0 Å². The van der Waals surface area contributed by atoms with Gasteiger partial charge in [0.15, 0.2) is 6.10 Å². The Morgan fingerprint density at radius 2 is 1.68 bits per heavy atom. The van der Waals surface area contributed by atoms with Crippen LogP contribution in [0.4, 0.5) is 13.2 Å². The monoisotopic (exact) mass is 293 g/mol. The first kappa shape index (κ1) is 14.6. The molecule has 0 aliphatic carbocycles. The first-order valence-corrected chi connectivity index (χ1v) is 6.46. The molecule has 1 saturated heterocycles. The summed E-state index contributed by atoms with van der Waals surface area (Å²) in [6.45, 7) is 0.908. The first-order chi connectivity index (χ1) is 8.86. The smallest absolute Gasteiger partial charge is 0.383 e. The van der Waals surface area contributed by atoms with Gasteiger partial charge in [-0.2, -0.15) is 13.2 Å². The van der Waals surface area contributed by atoms with Crippen molar-refractivity contribution in [1.29, 1.82) is 0 Å². The summed E-state index contributed by atoms with van der Waals surface area (Å²) < 4.78 is 38.8. The van der Waals surface area contributed by atoms with Gasteiger partial charge in [0.2, 0.25) is 0 Å². The fourth-order valence-electron chi connectivity index (χ4n) is 2.69. The van der Waals surface area contributed by atoms with Gasteiger partial charge < -0.3 is 10.4 Å². The molecular weight excluding hydrogens is 279 g/mol. The summed E-state index contributed by atoms with van der Waals surface area (Å²) in [7, 11) is 0. The first-order valence-electron chi connectivity index (χ1n) is 6.08. The van der Waals surface area contributed by atoms with E-state index in [4.69, 9.17) is 11.6 Å². The third-order valence-electron chi connectivity index (χ3n) is 3.75. The molecule has 1 unspecified atom stereocenters. The number of alkyl halides is 3. The maximum Gasteiger partial charge on any atom is 0.415 e. The Morgan fingerprint density at radius 1 is 1.16 bits per heavy atom. The molecule has 0 aromatic heterocycles. The maximum atomic E-state index is 12.9. The van der Waals surface area contributed by atoms with Crippen LogP contribution in [0.5, 0.6) is 0 Å². The average Bonchev–Trinajstić information content (AvgIpc) is 2.38. The van der Waals surface area contributed by atoms with Crippen molar-refractivity contribution in [3.63, 3.8) is 0 Å². The van der Waals surface area contributed by atoms with E-state index in [0.29, 0.717) is 23.7 Å². The molecule has 1 aliphatic heterocycles. The number of aliphatic hydroxyl groups excluding tert-OH is 1. The van der Waals surface area contributed by atoms with Gasteiger partial charge in [0.05, 0.1) is 0 Å². The van der Waals surface area contributed by atoms with Crippen LogP contribution in [0.2, 0.25) is 5.02 Å². The molecule has 1 atom stereocenters. The van der Waals surface area contributed by atoms with Gasteiger partial charge in [0, 0.05) is 10.4 Å². The normalized spacial score (nSPS) is 21.1. The van der Waals surface area contributed by atoms with Crippen molar-refractivity contribution in [3.05, 3.63) is 34.9 Å². The average molecular weight is 294 g/mol. The highest BCUT2D eigenvalue weighted by Gasteiger charge is 2.53. The summed E-state index contributed by atoms with van der Waals surface area (Å²) in [6, 6.07) is 6.26. The maximum absolute atomic E-state index is 12.9. The molecule has 0 bridgehead atoms. The highest BCUT2D eigenvalue weighted by molar-refractivity contribution is 6.30. The zero-order valence-electron chi connectivity index (χ0n) is 10.2. The Morgan fingerprint density at radius 3 is 2.16 bits per heavy atom. The number of hydrogen-bond donors (Lipinski definition) is 2. The largest absolute Gasteiger partial charge is 0.415 e. The number of piperidine rings is 1. The molecule has 106 valence electrons. The third-order valence-corrected chi connectivity index (χ3v) is 4.00. The lowest BCUT2D eigenvalue weighted by Crippen LogP contribution is -2.53. The Kier molecular flexibility index (Phi) is 4.08. The number of hydrogen-bond acceptors (Lipinski definition) is 2. The summed E-state index contributed by atoms with van der Waals surface area (Å²) in [5, 5.41) is 13.3. The molecule has 1 fully saturated rings. The zero-order valence-corrected chi connectivity index (χ0v) is 10.9. The van der Waals surface area contributed by atoms with E-state index in [-0.39, 0.29) is 12.8 Å². The highest BCUT2D eigenvalue weighted by Crippen LogP contribution is 2.43. The SMILES string of the molecule is OC(C(F)(F)F)C1(c2ccc(Cl)cc2)CCNCC1. The minimum absolute atomic E-state index is 0.245. The molecule has 1 heterocycles. The van der Waals surface area contributed by atoms with Gasteiger partial charge in [-0.05, 0) is 43.6 Å². The van der Waals surface area contributed by atoms with Gasteiger partial charge >= 0.3 is 6.18 Å². The fraction of sp³-hybridized carbons (Fsp3) is 0.538. The van der Waals surface area contributed by atoms with E-state index < -0.39 is 17.7 Å². The summed E-state index contributed by atoms with van der Waals surface area (Å²) in [5.41, 5.74) is -0.795. The zero-order chi connectivity index (χ0) is 14.1. The molecule has 2 N–H and O–H groups in total. The van der Waals surface area contributed by atoms with E-state index >= 15 is 0 Å². The molecule has 0 amide bonds. The van der Waals surface area contributed by atoms with Crippen LogP contribution < -0.4 is 5.32 Å². The summed E-state index contributed by atoms with van der Waals surface area (Å²) in [6.07, 6.45) is -6.50. The lowest BCUT2D eigenvalue weighted by atomic mass is 9.69. The Balaban J connectivity index is 2.42. The number of halogens is 4. The topological polar surface area (TPSA) is 32.3 Å². The minimum atomic E-state index is -4.63. The number of nitrogens with one attached hydrogen (secondary N) is 1. The van der Waals surface area contributed by atoms with Crippen LogP contribution >= 0.6 is 11.6 Å². The Labute approximate surface area is 114 Å². The second kappa shape index (κ2) is 5.31. The van der Waals surface area contributed by atoms with Crippen molar-refractivity contribution < 1.29 is 18.3 Å². The van der Waals surface area contributed by atoms with E-state index in [0.717, 1.165) is 0 Å². The fourth-order valence-corrected chi connectivity index (χ4v) is 2.81.